The van der Waals surface area contributed by atoms with Crippen molar-refractivity contribution in [1.82, 2.24) is 0 Å². The minimum atomic E-state index is -4.08. The van der Waals surface area contributed by atoms with Crippen molar-refractivity contribution in [3.8, 4) is 0 Å². The van der Waals surface area contributed by atoms with E-state index in [1.807, 2.05) is 0 Å². The third-order valence-corrected chi connectivity index (χ3v) is 11.3. The van der Waals surface area contributed by atoms with E-state index in [9.17, 15) is 41.4 Å². The molecule has 2 aromatic carbocycles. The number of rotatable bonds is 9. The molecule has 1 amide bonds. The number of aliphatic hydroxyl groups is 2. The maximum atomic E-state index is 13.8. The number of amides is 1. The maximum absolute atomic E-state index is 13.8. The second kappa shape index (κ2) is 11.9. The van der Waals surface area contributed by atoms with Crippen LogP contribution in [-0.4, -0.2) is 47.3 Å². The number of benzene rings is 2. The molecule has 12 heteroatoms. The summed E-state index contributed by atoms with van der Waals surface area (Å²) in [5, 5.41) is 23.5. The van der Waals surface area contributed by atoms with Crippen molar-refractivity contribution in [3.05, 3.63) is 58.4 Å². The zero-order valence-electron chi connectivity index (χ0n) is 23.6. The van der Waals surface area contributed by atoms with Gasteiger partial charge in [0.25, 0.3) is 5.91 Å². The Balaban J connectivity index is 1.48. The van der Waals surface area contributed by atoms with E-state index < -0.39 is 67.4 Å². The van der Waals surface area contributed by atoms with Crippen LogP contribution >= 0.6 is 11.6 Å². The second-order valence-corrected chi connectivity index (χ2v) is 15.1. The van der Waals surface area contributed by atoms with Gasteiger partial charge in [0.15, 0.2) is 27.3 Å². The van der Waals surface area contributed by atoms with Crippen LogP contribution in [0.2, 0.25) is 5.02 Å². The first-order valence-electron chi connectivity index (χ1n) is 13.9. The van der Waals surface area contributed by atoms with Gasteiger partial charge in [0.1, 0.15) is 5.78 Å². The summed E-state index contributed by atoms with van der Waals surface area (Å²) in [6.45, 7) is 5.41. The quantitative estimate of drug-likeness (QED) is 0.299. The molecule has 42 heavy (non-hydrogen) atoms. The highest BCUT2D eigenvalue weighted by atomic mass is 35.5. The van der Waals surface area contributed by atoms with Crippen molar-refractivity contribution in [1.29, 1.82) is 0 Å². The molecule has 0 saturated heterocycles. The van der Waals surface area contributed by atoms with Crippen LogP contribution in [0.5, 0.6) is 0 Å². The zero-order chi connectivity index (χ0) is 31.2. The van der Waals surface area contributed by atoms with Crippen LogP contribution in [0.3, 0.4) is 0 Å². The van der Waals surface area contributed by atoms with Gasteiger partial charge in [-0.15, -0.1) is 0 Å². The smallest absolute Gasteiger partial charge is 0.255 e. The number of hydrogen-bond acceptors (Lipinski definition) is 6. The number of aliphatic hydroxyl groups excluding tert-OH is 1. The first-order valence-corrected chi connectivity index (χ1v) is 15.8. The molecule has 7 nitrogen and oxygen atoms in total. The van der Waals surface area contributed by atoms with Crippen molar-refractivity contribution in [3.63, 3.8) is 0 Å². The molecule has 2 saturated carbocycles. The van der Waals surface area contributed by atoms with Gasteiger partial charge in [0.05, 0.1) is 26.9 Å². The van der Waals surface area contributed by atoms with Crippen LogP contribution in [0.4, 0.5) is 18.9 Å². The molecule has 2 fully saturated rings. The number of nitrogens with one attached hydrogen (secondary N) is 1. The van der Waals surface area contributed by atoms with Crippen LogP contribution < -0.4 is 5.32 Å². The number of ketones is 1. The van der Waals surface area contributed by atoms with E-state index >= 15 is 0 Å². The molecule has 2 aromatic rings. The van der Waals surface area contributed by atoms with Crippen LogP contribution in [0, 0.1) is 34.7 Å². The third-order valence-electron chi connectivity index (χ3n) is 8.66. The van der Waals surface area contributed by atoms with Gasteiger partial charge in [-0.05, 0) is 62.1 Å². The van der Waals surface area contributed by atoms with Crippen molar-refractivity contribution < 1.29 is 41.4 Å². The molecular weight excluding hydrogens is 595 g/mol. The van der Waals surface area contributed by atoms with Crippen molar-refractivity contribution in [2.45, 2.75) is 87.6 Å². The predicted molar refractivity (Wildman–Crippen MR) is 151 cm³/mol. The van der Waals surface area contributed by atoms with Crippen molar-refractivity contribution >= 4 is 38.8 Å². The fourth-order valence-electron chi connectivity index (χ4n) is 6.22. The number of Topliss-reactive ketones (excluding diaryl/α,β-unsaturated/α-hetero) is 1. The number of carbonyl (C=O) groups excluding carboxylic acids is 2. The lowest BCUT2D eigenvalue weighted by atomic mass is 9.71. The lowest BCUT2D eigenvalue weighted by molar-refractivity contribution is -0.127. The molecule has 0 spiro atoms. The summed E-state index contributed by atoms with van der Waals surface area (Å²) >= 11 is 6.27. The van der Waals surface area contributed by atoms with Gasteiger partial charge in [0, 0.05) is 41.6 Å². The standard InChI is InChI=1S/C30H35ClF3NO6S/c1-29(2,3)26(37)9-7-20(36)15-30(39)17-5-6-18(30)12-21(11-17)42(40,41)25-10-16(4-8-22(25)31)28(38)35-19-13-23(32)27(34)24(33)14-19/h4,8,10,13-14,17-18,20-21,36,39H,5-7,9,11-12,15H2,1-3H3,(H,35,38). The average Bonchev–Trinajstić information content (AvgIpc) is 3.05. The molecule has 2 aliphatic rings. The van der Waals surface area contributed by atoms with Crippen LogP contribution in [0.25, 0.3) is 0 Å². The molecular formula is C30H35ClF3NO6S. The maximum Gasteiger partial charge on any atom is 0.255 e. The molecule has 0 heterocycles. The van der Waals surface area contributed by atoms with E-state index in [2.05, 4.69) is 5.32 Å². The normalized spacial score (nSPS) is 24.8. The van der Waals surface area contributed by atoms with Gasteiger partial charge >= 0.3 is 0 Å². The summed E-state index contributed by atoms with van der Waals surface area (Å²) in [6.07, 6.45) is 0.956. The largest absolute Gasteiger partial charge is 0.393 e. The minimum Gasteiger partial charge on any atom is -0.393 e. The van der Waals surface area contributed by atoms with Crippen LogP contribution in [0.15, 0.2) is 35.2 Å². The highest BCUT2D eigenvalue weighted by Crippen LogP contribution is 2.54. The summed E-state index contributed by atoms with van der Waals surface area (Å²) < 4.78 is 67.9. The fourth-order valence-corrected chi connectivity index (χ4v) is 8.62. The number of hydrogen-bond donors (Lipinski definition) is 3. The first kappa shape index (κ1) is 32.4. The summed E-state index contributed by atoms with van der Waals surface area (Å²) in [5.74, 6) is -6.34. The summed E-state index contributed by atoms with van der Waals surface area (Å²) in [5.41, 5.74) is -2.30. The molecule has 0 radical (unpaired) electrons. The Labute approximate surface area is 248 Å². The molecule has 2 bridgehead atoms. The fraction of sp³-hybridized carbons (Fsp3) is 0.533. The van der Waals surface area contributed by atoms with Gasteiger partial charge in [-0.25, -0.2) is 21.6 Å². The van der Waals surface area contributed by atoms with E-state index in [-0.39, 0.29) is 59.1 Å². The van der Waals surface area contributed by atoms with E-state index in [0.29, 0.717) is 25.0 Å². The Kier molecular flexibility index (Phi) is 9.19. The van der Waals surface area contributed by atoms with E-state index in [0.717, 1.165) is 6.07 Å². The van der Waals surface area contributed by atoms with Gasteiger partial charge in [0.2, 0.25) is 0 Å². The topological polar surface area (TPSA) is 121 Å². The molecule has 2 aliphatic carbocycles. The number of sulfone groups is 1. The average molecular weight is 630 g/mol. The third kappa shape index (κ3) is 6.54. The summed E-state index contributed by atoms with van der Waals surface area (Å²) in [7, 11) is -4.08. The van der Waals surface area contributed by atoms with Crippen molar-refractivity contribution in [2.24, 2.45) is 17.3 Å². The lowest BCUT2D eigenvalue weighted by Gasteiger charge is -2.43. The van der Waals surface area contributed by atoms with E-state index in [4.69, 9.17) is 11.6 Å². The Bertz CT molecular complexity index is 1460. The summed E-state index contributed by atoms with van der Waals surface area (Å²) in [6, 6.07) is 4.77. The Morgan fingerprint density at radius 1 is 1.07 bits per heavy atom. The molecule has 3 N–H and O–H groups in total. The minimum absolute atomic E-state index is 0.0103. The molecule has 230 valence electrons. The lowest BCUT2D eigenvalue weighted by Crippen LogP contribution is -2.50. The Hall–Kier alpha value is -2.47. The Morgan fingerprint density at radius 2 is 1.64 bits per heavy atom. The monoisotopic (exact) mass is 629 g/mol. The Morgan fingerprint density at radius 3 is 2.19 bits per heavy atom. The molecule has 0 aliphatic heterocycles. The number of halogens is 4. The SMILES string of the molecule is CC(C)(C)C(=O)CCC(O)CC1(O)C2CCC1CC(S(=O)(=O)c1cc(C(=O)Nc3cc(F)c(F)c(F)c3)ccc1Cl)C2. The van der Waals surface area contributed by atoms with E-state index in [1.165, 1.54) is 12.1 Å². The molecule has 3 atom stereocenters. The highest BCUT2D eigenvalue weighted by Gasteiger charge is 2.56. The zero-order valence-corrected chi connectivity index (χ0v) is 25.2. The summed E-state index contributed by atoms with van der Waals surface area (Å²) in [4.78, 5) is 24.8. The molecule has 4 rings (SSSR count). The number of fused-ring (bicyclic) bond motifs is 2. The first-order chi connectivity index (χ1) is 19.4. The molecule has 3 unspecified atom stereocenters. The highest BCUT2D eigenvalue weighted by molar-refractivity contribution is 7.92. The molecule has 0 aromatic heterocycles. The van der Waals surface area contributed by atoms with Crippen LogP contribution in [0.1, 0.15) is 76.1 Å². The van der Waals surface area contributed by atoms with E-state index in [1.54, 1.807) is 20.8 Å². The van der Waals surface area contributed by atoms with Gasteiger partial charge < -0.3 is 15.5 Å². The number of carbonyl (C=O) groups is 2. The number of anilines is 1. The van der Waals surface area contributed by atoms with Gasteiger partial charge in [-0.3, -0.25) is 9.59 Å². The second-order valence-electron chi connectivity index (χ2n) is 12.5. The van der Waals surface area contributed by atoms with Gasteiger partial charge in [-0.1, -0.05) is 32.4 Å². The predicted octanol–water partition coefficient (Wildman–Crippen LogP) is 5.85. The van der Waals surface area contributed by atoms with Gasteiger partial charge in [-0.2, -0.15) is 0 Å². The van der Waals surface area contributed by atoms with Crippen LogP contribution in [-0.2, 0) is 14.6 Å². The van der Waals surface area contributed by atoms with Crippen molar-refractivity contribution in [2.75, 3.05) is 5.32 Å².